The van der Waals surface area contributed by atoms with E-state index in [4.69, 9.17) is 4.74 Å². The lowest BCUT2D eigenvalue weighted by molar-refractivity contribution is 0.412. The van der Waals surface area contributed by atoms with Crippen LogP contribution in [0.1, 0.15) is 12.2 Å². The maximum atomic E-state index is 12.8. The Hall–Kier alpha value is -1.93. The highest BCUT2D eigenvalue weighted by Gasteiger charge is 2.33. The first-order chi connectivity index (χ1) is 11.0. The molecule has 0 N–H and O–H groups in total. The number of methoxy groups -OCH3 is 1. The minimum Gasteiger partial charge on any atom is -0.497 e. The van der Waals surface area contributed by atoms with Gasteiger partial charge in [-0.05, 0) is 24.5 Å². The first kappa shape index (κ1) is 15.9. The third-order valence-corrected chi connectivity index (χ3v) is 6.07. The van der Waals surface area contributed by atoms with Crippen molar-refractivity contribution in [3.8, 4) is 5.75 Å². The summed E-state index contributed by atoms with van der Waals surface area (Å²) >= 11 is 0. The molecule has 8 heteroatoms. The Balaban J connectivity index is 1.73. The summed E-state index contributed by atoms with van der Waals surface area (Å²) in [7, 11) is -0.0586. The second-order valence-corrected chi connectivity index (χ2v) is 7.70. The Bertz CT molecular complexity index is 788. The van der Waals surface area contributed by atoms with Crippen molar-refractivity contribution in [1.29, 1.82) is 0 Å². The maximum Gasteiger partial charge on any atom is 0.243 e. The maximum absolute atomic E-state index is 12.8. The molecular weight excluding hydrogens is 316 g/mol. The summed E-state index contributed by atoms with van der Waals surface area (Å²) < 4.78 is 34.0. The summed E-state index contributed by atoms with van der Waals surface area (Å²) in [6, 6.07) is 6.60. The Morgan fingerprint density at radius 2 is 2.22 bits per heavy atom. The molecule has 7 nitrogen and oxygen atoms in total. The largest absolute Gasteiger partial charge is 0.497 e. The zero-order valence-corrected chi connectivity index (χ0v) is 14.0. The van der Waals surface area contributed by atoms with Crippen LogP contribution in [0.2, 0.25) is 0 Å². The molecule has 0 radical (unpaired) electrons. The van der Waals surface area contributed by atoms with Gasteiger partial charge < -0.3 is 9.30 Å². The van der Waals surface area contributed by atoms with Crippen molar-refractivity contribution < 1.29 is 13.2 Å². The van der Waals surface area contributed by atoms with Crippen molar-refractivity contribution in [1.82, 2.24) is 19.1 Å². The number of nitrogens with zero attached hydrogens (tertiary/aromatic N) is 4. The van der Waals surface area contributed by atoms with Gasteiger partial charge >= 0.3 is 0 Å². The monoisotopic (exact) mass is 336 g/mol. The van der Waals surface area contributed by atoms with Crippen molar-refractivity contribution in [3.63, 3.8) is 0 Å². The van der Waals surface area contributed by atoms with E-state index in [1.165, 1.54) is 7.11 Å². The van der Waals surface area contributed by atoms with Crippen molar-refractivity contribution in [2.45, 2.75) is 17.7 Å². The molecule has 0 amide bonds. The fraction of sp³-hybridized carbons (Fsp3) is 0.467. The molecule has 0 aliphatic carbocycles. The summed E-state index contributed by atoms with van der Waals surface area (Å²) in [5.41, 5.74) is 0. The smallest absolute Gasteiger partial charge is 0.243 e. The van der Waals surface area contributed by atoms with Crippen LogP contribution in [0.3, 0.4) is 0 Å². The molecule has 0 spiro atoms. The number of ether oxygens (including phenoxy) is 1. The van der Waals surface area contributed by atoms with Gasteiger partial charge in [-0.3, -0.25) is 0 Å². The molecule has 3 rings (SSSR count). The van der Waals surface area contributed by atoms with Crippen LogP contribution in [0, 0.1) is 5.92 Å². The highest BCUT2D eigenvalue weighted by Crippen LogP contribution is 2.27. The van der Waals surface area contributed by atoms with Gasteiger partial charge in [-0.2, -0.15) is 4.31 Å². The average molecular weight is 336 g/mol. The van der Waals surface area contributed by atoms with Crippen LogP contribution in [0.15, 0.2) is 35.5 Å². The third kappa shape index (κ3) is 3.23. The van der Waals surface area contributed by atoms with Gasteiger partial charge in [0, 0.05) is 32.6 Å². The molecule has 1 atom stereocenters. The standard InChI is InChI=1S/C15H20N4O3S/c1-18-11-16-17-15(18)8-12-6-7-19(10-12)23(20,21)14-5-3-4-13(9-14)22-2/h3-5,9,11-12H,6-8,10H2,1-2H3. The van der Waals surface area contributed by atoms with Gasteiger partial charge in [0.2, 0.25) is 10.0 Å². The predicted octanol–water partition coefficient (Wildman–Crippen LogP) is 1.08. The molecule has 124 valence electrons. The van der Waals surface area contributed by atoms with E-state index in [1.807, 2.05) is 11.6 Å². The minimum atomic E-state index is -3.48. The van der Waals surface area contributed by atoms with E-state index in [-0.39, 0.29) is 10.8 Å². The zero-order valence-electron chi connectivity index (χ0n) is 13.2. The number of hydrogen-bond acceptors (Lipinski definition) is 5. The van der Waals surface area contributed by atoms with E-state index in [0.717, 1.165) is 18.7 Å². The topological polar surface area (TPSA) is 77.3 Å². The summed E-state index contributed by atoms with van der Waals surface area (Å²) in [5, 5.41) is 7.94. The quantitative estimate of drug-likeness (QED) is 0.816. The SMILES string of the molecule is COc1cccc(S(=O)(=O)N2CCC(Cc3nncn3C)C2)c1. The van der Waals surface area contributed by atoms with Crippen LogP contribution >= 0.6 is 0 Å². The summed E-state index contributed by atoms with van der Waals surface area (Å²) in [6.45, 7) is 1.04. The van der Waals surface area contributed by atoms with Gasteiger partial charge in [-0.15, -0.1) is 10.2 Å². The van der Waals surface area contributed by atoms with Crippen LogP contribution < -0.4 is 4.74 Å². The van der Waals surface area contributed by atoms with Crippen molar-refractivity contribution in [3.05, 3.63) is 36.4 Å². The van der Waals surface area contributed by atoms with Crippen LogP contribution in [-0.4, -0.2) is 47.7 Å². The van der Waals surface area contributed by atoms with Crippen LogP contribution in [0.25, 0.3) is 0 Å². The van der Waals surface area contributed by atoms with E-state index in [1.54, 1.807) is 34.9 Å². The van der Waals surface area contributed by atoms with E-state index in [9.17, 15) is 8.42 Å². The summed E-state index contributed by atoms with van der Waals surface area (Å²) in [6.07, 6.45) is 3.23. The molecule has 1 aliphatic heterocycles. The molecule has 1 saturated heterocycles. The first-order valence-corrected chi connectivity index (χ1v) is 8.92. The number of aryl methyl sites for hydroxylation is 1. The van der Waals surface area contributed by atoms with Gasteiger partial charge in [-0.1, -0.05) is 6.07 Å². The van der Waals surface area contributed by atoms with E-state index in [2.05, 4.69) is 10.2 Å². The average Bonchev–Trinajstić information content (AvgIpc) is 3.18. The fourth-order valence-corrected chi connectivity index (χ4v) is 4.41. The number of benzene rings is 1. The Morgan fingerprint density at radius 1 is 1.39 bits per heavy atom. The summed E-state index contributed by atoms with van der Waals surface area (Å²) in [5.74, 6) is 1.69. The molecule has 1 fully saturated rings. The van der Waals surface area contributed by atoms with E-state index in [0.29, 0.717) is 18.8 Å². The lowest BCUT2D eigenvalue weighted by atomic mass is 10.1. The molecule has 1 aromatic carbocycles. The fourth-order valence-electron chi connectivity index (χ4n) is 2.84. The lowest BCUT2D eigenvalue weighted by Crippen LogP contribution is -2.29. The molecule has 23 heavy (non-hydrogen) atoms. The van der Waals surface area contributed by atoms with E-state index >= 15 is 0 Å². The Labute approximate surface area is 135 Å². The van der Waals surface area contributed by atoms with Crippen molar-refractivity contribution in [2.75, 3.05) is 20.2 Å². The molecule has 2 aromatic rings. The second kappa shape index (κ2) is 6.29. The van der Waals surface area contributed by atoms with Gasteiger partial charge in [0.1, 0.15) is 17.9 Å². The van der Waals surface area contributed by atoms with Crippen LogP contribution in [0.5, 0.6) is 5.75 Å². The number of aromatic nitrogens is 3. The zero-order chi connectivity index (χ0) is 16.4. The normalized spacial score (nSPS) is 19.1. The number of hydrogen-bond donors (Lipinski definition) is 0. The Kier molecular flexibility index (Phi) is 4.36. The van der Waals surface area contributed by atoms with Gasteiger partial charge in [0.15, 0.2) is 0 Å². The molecule has 0 bridgehead atoms. The predicted molar refractivity (Wildman–Crippen MR) is 84.6 cm³/mol. The van der Waals surface area contributed by atoms with Crippen molar-refractivity contribution in [2.24, 2.45) is 13.0 Å². The second-order valence-electron chi connectivity index (χ2n) is 5.76. The number of rotatable bonds is 5. The molecular formula is C15H20N4O3S. The van der Waals surface area contributed by atoms with Gasteiger partial charge in [0.05, 0.1) is 12.0 Å². The lowest BCUT2D eigenvalue weighted by Gasteiger charge is -2.17. The highest BCUT2D eigenvalue weighted by molar-refractivity contribution is 7.89. The molecule has 1 aliphatic rings. The molecule has 2 heterocycles. The third-order valence-electron chi connectivity index (χ3n) is 4.20. The summed E-state index contributed by atoms with van der Waals surface area (Å²) in [4.78, 5) is 0.274. The van der Waals surface area contributed by atoms with Crippen LogP contribution in [0.4, 0.5) is 0 Å². The van der Waals surface area contributed by atoms with E-state index < -0.39 is 10.0 Å². The molecule has 1 unspecified atom stereocenters. The number of sulfonamides is 1. The Morgan fingerprint density at radius 3 is 2.91 bits per heavy atom. The molecule has 0 saturated carbocycles. The molecule has 1 aromatic heterocycles. The van der Waals surface area contributed by atoms with Gasteiger partial charge in [0.25, 0.3) is 0 Å². The first-order valence-electron chi connectivity index (χ1n) is 7.48. The highest BCUT2D eigenvalue weighted by atomic mass is 32.2. The van der Waals surface area contributed by atoms with Crippen molar-refractivity contribution >= 4 is 10.0 Å². The van der Waals surface area contributed by atoms with Gasteiger partial charge in [-0.25, -0.2) is 8.42 Å². The minimum absolute atomic E-state index is 0.262. The van der Waals surface area contributed by atoms with Crippen LogP contribution in [-0.2, 0) is 23.5 Å².